The lowest BCUT2D eigenvalue weighted by Gasteiger charge is -2.35. The molecule has 0 spiro atoms. The minimum atomic E-state index is -0.438. The average molecular weight is 375 g/mol. The number of nitrogens with two attached hydrogens (primary N) is 1. The Hall–Kier alpha value is -2.98. The van der Waals surface area contributed by atoms with Gasteiger partial charge in [-0.25, -0.2) is 14.4 Å². The topological polar surface area (TPSA) is 120 Å². The summed E-state index contributed by atoms with van der Waals surface area (Å²) in [5, 5.41) is 9.02. The molecular weight excluding hydrogens is 353 g/mol. The Kier molecular flexibility index (Phi) is 5.99. The molecule has 0 radical (unpaired) electrons. The molecule has 144 valence electrons. The molecule has 5 N–H and O–H groups in total. The number of rotatable bonds is 6. The van der Waals surface area contributed by atoms with Crippen LogP contribution in [0.2, 0.25) is 0 Å². The van der Waals surface area contributed by atoms with Gasteiger partial charge in [-0.2, -0.15) is 0 Å². The summed E-state index contributed by atoms with van der Waals surface area (Å²) in [5.41, 5.74) is 12.0. The summed E-state index contributed by atoms with van der Waals surface area (Å²) in [7, 11) is 0. The van der Waals surface area contributed by atoms with E-state index in [1.54, 1.807) is 0 Å². The number of hydrogen-bond donors (Lipinski definition) is 4. The number of hydrazine groups is 1. The Bertz CT molecular complexity index is 779. The molecule has 0 saturated carbocycles. The van der Waals surface area contributed by atoms with E-state index in [9.17, 15) is 9.18 Å². The maximum Gasteiger partial charge on any atom is 0.269 e. The van der Waals surface area contributed by atoms with Gasteiger partial charge < -0.3 is 15.7 Å². The number of carbonyl (C=O) groups excluding carboxylic acids is 1. The number of nitrogens with zero attached hydrogens (tertiary/aromatic N) is 4. The molecule has 1 aliphatic rings. The van der Waals surface area contributed by atoms with Crippen LogP contribution in [0.1, 0.15) is 10.4 Å². The number of β-amino-alcohol motifs (C(OH)–C–C–N with tert-alkyl or cyclic N) is 1. The lowest BCUT2D eigenvalue weighted by molar-refractivity contribution is 0.0962. The predicted octanol–water partition coefficient (Wildman–Crippen LogP) is 0.0691. The van der Waals surface area contributed by atoms with Gasteiger partial charge in [0.25, 0.3) is 5.91 Å². The van der Waals surface area contributed by atoms with Gasteiger partial charge >= 0.3 is 0 Å². The fourth-order valence-electron chi connectivity index (χ4n) is 2.85. The number of hydrogen-bond acceptors (Lipinski definition) is 8. The number of nitrogens with one attached hydrogen (secondary N) is 2. The van der Waals surface area contributed by atoms with Crippen LogP contribution in [0.4, 0.5) is 21.7 Å². The first-order valence-electron chi connectivity index (χ1n) is 8.59. The maximum absolute atomic E-state index is 12.9. The minimum absolute atomic E-state index is 0.136. The van der Waals surface area contributed by atoms with Crippen LogP contribution >= 0.6 is 0 Å². The minimum Gasteiger partial charge on any atom is -0.395 e. The summed E-state index contributed by atoms with van der Waals surface area (Å²) in [5.74, 6) is 0.0240. The standard InChI is InChI=1S/C17H22FN7O2/c18-13-3-1-12(2-4-13)17(27)23-22-15-14(19)16(21-11-20-15)25-7-5-24(6-8-25)9-10-26/h1-4,11,26H,5-10,19H2,(H,23,27)(H,20,21,22). The van der Waals surface area contributed by atoms with E-state index < -0.39 is 11.7 Å². The molecular formula is C17H22FN7O2. The van der Waals surface area contributed by atoms with Gasteiger partial charge in [0.1, 0.15) is 17.8 Å². The van der Waals surface area contributed by atoms with E-state index in [1.807, 2.05) is 4.90 Å². The van der Waals surface area contributed by atoms with Crippen LogP contribution in [0.3, 0.4) is 0 Å². The summed E-state index contributed by atoms with van der Waals surface area (Å²) in [6.07, 6.45) is 1.37. The van der Waals surface area contributed by atoms with E-state index >= 15 is 0 Å². The van der Waals surface area contributed by atoms with Crippen molar-refractivity contribution in [2.75, 3.05) is 55.4 Å². The van der Waals surface area contributed by atoms with Gasteiger partial charge in [-0.3, -0.25) is 20.5 Å². The maximum atomic E-state index is 12.9. The van der Waals surface area contributed by atoms with E-state index in [0.29, 0.717) is 23.6 Å². The summed E-state index contributed by atoms with van der Waals surface area (Å²) < 4.78 is 12.9. The zero-order valence-electron chi connectivity index (χ0n) is 14.7. The zero-order chi connectivity index (χ0) is 19.2. The normalized spacial score (nSPS) is 14.8. The molecule has 1 aromatic carbocycles. The summed E-state index contributed by atoms with van der Waals surface area (Å²) in [4.78, 5) is 24.6. The number of aliphatic hydroxyl groups is 1. The van der Waals surface area contributed by atoms with Crippen LogP contribution in [0.5, 0.6) is 0 Å². The summed E-state index contributed by atoms with van der Waals surface area (Å²) >= 11 is 0. The van der Waals surface area contributed by atoms with Crippen molar-refractivity contribution in [2.24, 2.45) is 0 Å². The van der Waals surface area contributed by atoms with Crippen molar-refractivity contribution in [1.29, 1.82) is 0 Å². The highest BCUT2D eigenvalue weighted by Crippen LogP contribution is 2.26. The molecule has 10 heteroatoms. The molecule has 2 aromatic rings. The van der Waals surface area contributed by atoms with Crippen molar-refractivity contribution in [1.82, 2.24) is 20.3 Å². The van der Waals surface area contributed by atoms with Gasteiger partial charge in [-0.05, 0) is 24.3 Å². The third kappa shape index (κ3) is 4.60. The predicted molar refractivity (Wildman–Crippen MR) is 99.7 cm³/mol. The Balaban J connectivity index is 1.63. The molecule has 1 amide bonds. The van der Waals surface area contributed by atoms with Crippen molar-refractivity contribution in [2.45, 2.75) is 0 Å². The second-order valence-electron chi connectivity index (χ2n) is 6.10. The molecule has 0 aliphatic carbocycles. The number of aliphatic hydroxyl groups excluding tert-OH is 1. The van der Waals surface area contributed by atoms with E-state index in [0.717, 1.165) is 26.2 Å². The molecule has 1 aliphatic heterocycles. The first-order chi connectivity index (χ1) is 13.1. The zero-order valence-corrected chi connectivity index (χ0v) is 14.7. The smallest absolute Gasteiger partial charge is 0.269 e. The second kappa shape index (κ2) is 8.60. The van der Waals surface area contributed by atoms with Crippen LogP contribution in [0, 0.1) is 5.82 Å². The molecule has 0 unspecified atom stereocenters. The van der Waals surface area contributed by atoms with Gasteiger partial charge in [-0.1, -0.05) is 0 Å². The number of nitrogen functional groups attached to an aromatic ring is 1. The van der Waals surface area contributed by atoms with Crippen LogP contribution in [-0.4, -0.2) is 65.2 Å². The Morgan fingerprint density at radius 1 is 1.19 bits per heavy atom. The van der Waals surface area contributed by atoms with Gasteiger partial charge in [0, 0.05) is 38.3 Å². The number of amides is 1. The van der Waals surface area contributed by atoms with Crippen molar-refractivity contribution in [3.8, 4) is 0 Å². The Labute approximate surface area is 156 Å². The number of benzene rings is 1. The van der Waals surface area contributed by atoms with E-state index in [2.05, 4.69) is 25.7 Å². The number of anilines is 3. The third-order valence-electron chi connectivity index (χ3n) is 4.35. The van der Waals surface area contributed by atoms with Gasteiger partial charge in [0.2, 0.25) is 0 Å². The number of piperazine rings is 1. The highest BCUT2D eigenvalue weighted by Gasteiger charge is 2.21. The number of aromatic nitrogens is 2. The lowest BCUT2D eigenvalue weighted by atomic mass is 10.2. The van der Waals surface area contributed by atoms with E-state index in [-0.39, 0.29) is 12.4 Å². The van der Waals surface area contributed by atoms with Gasteiger partial charge in [0.05, 0.1) is 6.61 Å². The molecule has 0 atom stereocenters. The van der Waals surface area contributed by atoms with Crippen molar-refractivity contribution >= 4 is 23.2 Å². The fraction of sp³-hybridized carbons (Fsp3) is 0.353. The molecule has 9 nitrogen and oxygen atoms in total. The molecule has 1 saturated heterocycles. The Morgan fingerprint density at radius 2 is 1.89 bits per heavy atom. The molecule has 3 rings (SSSR count). The quantitative estimate of drug-likeness (QED) is 0.524. The molecule has 2 heterocycles. The highest BCUT2D eigenvalue weighted by atomic mass is 19.1. The van der Waals surface area contributed by atoms with Crippen LogP contribution < -0.4 is 21.5 Å². The SMILES string of the molecule is Nc1c(NNC(=O)c2ccc(F)cc2)ncnc1N1CCN(CCO)CC1. The molecule has 1 fully saturated rings. The fourth-order valence-corrected chi connectivity index (χ4v) is 2.85. The second-order valence-corrected chi connectivity index (χ2v) is 6.10. The van der Waals surface area contributed by atoms with Crippen molar-refractivity contribution < 1.29 is 14.3 Å². The monoisotopic (exact) mass is 375 g/mol. The van der Waals surface area contributed by atoms with Gasteiger partial charge in [-0.15, -0.1) is 0 Å². The van der Waals surface area contributed by atoms with Crippen LogP contribution in [0.25, 0.3) is 0 Å². The van der Waals surface area contributed by atoms with E-state index in [4.69, 9.17) is 10.8 Å². The van der Waals surface area contributed by atoms with E-state index in [1.165, 1.54) is 30.6 Å². The highest BCUT2D eigenvalue weighted by molar-refractivity contribution is 5.95. The molecule has 0 bridgehead atoms. The van der Waals surface area contributed by atoms with Gasteiger partial charge in [0.15, 0.2) is 11.6 Å². The number of halogens is 1. The molecule has 27 heavy (non-hydrogen) atoms. The van der Waals surface area contributed by atoms with Crippen LogP contribution in [0.15, 0.2) is 30.6 Å². The first kappa shape index (κ1) is 18.8. The van der Waals surface area contributed by atoms with Crippen LogP contribution in [-0.2, 0) is 0 Å². The largest absolute Gasteiger partial charge is 0.395 e. The average Bonchev–Trinajstić information content (AvgIpc) is 2.68. The number of carbonyl (C=O) groups is 1. The summed E-state index contributed by atoms with van der Waals surface area (Å²) in [6.45, 7) is 3.83. The summed E-state index contributed by atoms with van der Waals surface area (Å²) in [6, 6.07) is 5.19. The molecule has 1 aromatic heterocycles. The van der Waals surface area contributed by atoms with Crippen molar-refractivity contribution in [3.63, 3.8) is 0 Å². The lowest BCUT2D eigenvalue weighted by Crippen LogP contribution is -2.47. The first-order valence-corrected chi connectivity index (χ1v) is 8.59. The Morgan fingerprint density at radius 3 is 2.56 bits per heavy atom. The van der Waals surface area contributed by atoms with Crippen molar-refractivity contribution in [3.05, 3.63) is 42.0 Å². The third-order valence-corrected chi connectivity index (χ3v) is 4.35.